The van der Waals surface area contributed by atoms with Crippen molar-refractivity contribution in [3.8, 4) is 0 Å². The number of anilines is 2. The maximum atomic E-state index is 12.7. The first kappa shape index (κ1) is 19.7. The SMILES string of the molecule is CCOC(=O)C1C(Cl)c2cc(B(O)O)ccc2N1c1ccc(C(C)C)cc1. The Morgan fingerprint density at radius 3 is 2.44 bits per heavy atom. The van der Waals surface area contributed by atoms with E-state index in [2.05, 4.69) is 13.8 Å². The molecular weight excluding hydrogens is 364 g/mol. The van der Waals surface area contributed by atoms with Gasteiger partial charge in [-0.05, 0) is 47.6 Å². The van der Waals surface area contributed by atoms with Crippen LogP contribution >= 0.6 is 11.6 Å². The Kier molecular flexibility index (Phi) is 5.79. The lowest BCUT2D eigenvalue weighted by atomic mass is 9.79. The van der Waals surface area contributed by atoms with Crippen LogP contribution in [0.25, 0.3) is 0 Å². The third kappa shape index (κ3) is 3.70. The normalized spacial score (nSPS) is 18.6. The molecule has 1 heterocycles. The number of esters is 1. The zero-order chi connectivity index (χ0) is 19.7. The molecule has 7 heteroatoms. The quantitative estimate of drug-likeness (QED) is 0.469. The molecule has 0 aromatic heterocycles. The Balaban J connectivity index is 2.09. The Bertz CT molecular complexity index is 825. The summed E-state index contributed by atoms with van der Waals surface area (Å²) in [6.07, 6.45) is 0. The number of alkyl halides is 1. The molecule has 0 radical (unpaired) electrons. The van der Waals surface area contributed by atoms with Crippen molar-refractivity contribution in [1.82, 2.24) is 0 Å². The number of carbonyl (C=O) groups is 1. The van der Waals surface area contributed by atoms with Gasteiger partial charge in [0.2, 0.25) is 0 Å². The van der Waals surface area contributed by atoms with Crippen molar-refractivity contribution < 1.29 is 19.6 Å². The summed E-state index contributed by atoms with van der Waals surface area (Å²) >= 11 is 6.64. The van der Waals surface area contributed by atoms with Gasteiger partial charge in [0.05, 0.1) is 12.0 Å². The van der Waals surface area contributed by atoms with E-state index in [0.29, 0.717) is 16.9 Å². The highest BCUT2D eigenvalue weighted by atomic mass is 35.5. The largest absolute Gasteiger partial charge is 0.488 e. The first-order valence-electron chi connectivity index (χ1n) is 9.05. The number of fused-ring (bicyclic) bond motifs is 1. The molecule has 0 spiro atoms. The summed E-state index contributed by atoms with van der Waals surface area (Å²) in [6.45, 7) is 6.26. The molecule has 2 aromatic rings. The summed E-state index contributed by atoms with van der Waals surface area (Å²) in [5.41, 5.74) is 3.80. The number of carbonyl (C=O) groups excluding carboxylic acids is 1. The molecule has 0 bridgehead atoms. The number of rotatable bonds is 5. The van der Waals surface area contributed by atoms with Gasteiger partial charge < -0.3 is 19.7 Å². The van der Waals surface area contributed by atoms with Crippen LogP contribution in [-0.2, 0) is 9.53 Å². The molecule has 2 unspecified atom stereocenters. The van der Waals surface area contributed by atoms with Gasteiger partial charge in [0.1, 0.15) is 0 Å². The molecule has 0 aliphatic carbocycles. The van der Waals surface area contributed by atoms with Crippen LogP contribution in [0.15, 0.2) is 42.5 Å². The molecule has 0 amide bonds. The lowest BCUT2D eigenvalue weighted by Crippen LogP contribution is -2.37. The van der Waals surface area contributed by atoms with Crippen LogP contribution < -0.4 is 10.4 Å². The second-order valence-corrected chi connectivity index (χ2v) is 7.38. The molecule has 2 atom stereocenters. The Hall–Kier alpha value is -2.02. The molecule has 5 nitrogen and oxygen atoms in total. The van der Waals surface area contributed by atoms with E-state index in [1.165, 1.54) is 5.56 Å². The first-order chi connectivity index (χ1) is 12.8. The Labute approximate surface area is 164 Å². The Morgan fingerprint density at radius 2 is 1.89 bits per heavy atom. The van der Waals surface area contributed by atoms with E-state index < -0.39 is 24.5 Å². The van der Waals surface area contributed by atoms with E-state index in [-0.39, 0.29) is 6.61 Å². The lowest BCUT2D eigenvalue weighted by Gasteiger charge is -2.27. The minimum Gasteiger partial charge on any atom is -0.464 e. The van der Waals surface area contributed by atoms with Crippen LogP contribution in [0.3, 0.4) is 0 Å². The fourth-order valence-electron chi connectivity index (χ4n) is 3.40. The van der Waals surface area contributed by atoms with E-state index >= 15 is 0 Å². The van der Waals surface area contributed by atoms with Crippen molar-refractivity contribution in [3.05, 3.63) is 53.6 Å². The maximum absolute atomic E-state index is 12.7. The summed E-state index contributed by atoms with van der Waals surface area (Å²) < 4.78 is 5.26. The fraction of sp³-hybridized carbons (Fsp3) is 0.350. The fourth-order valence-corrected chi connectivity index (χ4v) is 3.79. The van der Waals surface area contributed by atoms with Crippen molar-refractivity contribution in [3.63, 3.8) is 0 Å². The highest BCUT2D eigenvalue weighted by Gasteiger charge is 2.44. The second-order valence-electron chi connectivity index (χ2n) is 6.91. The minimum atomic E-state index is -1.60. The molecule has 142 valence electrons. The summed E-state index contributed by atoms with van der Waals surface area (Å²) in [5, 5.41) is 18.3. The molecule has 27 heavy (non-hydrogen) atoms. The zero-order valence-electron chi connectivity index (χ0n) is 15.6. The summed E-state index contributed by atoms with van der Waals surface area (Å²) in [7, 11) is -1.60. The minimum absolute atomic E-state index is 0.260. The van der Waals surface area contributed by atoms with E-state index in [9.17, 15) is 14.8 Å². The van der Waals surface area contributed by atoms with Gasteiger partial charge in [-0.3, -0.25) is 0 Å². The average Bonchev–Trinajstić information content (AvgIpc) is 2.94. The predicted octanol–water partition coefficient (Wildman–Crippen LogP) is 2.85. The van der Waals surface area contributed by atoms with Crippen LogP contribution in [0.4, 0.5) is 11.4 Å². The molecule has 2 aromatic carbocycles. The van der Waals surface area contributed by atoms with Gasteiger partial charge in [-0.2, -0.15) is 0 Å². The number of halogens is 1. The second kappa shape index (κ2) is 7.93. The summed E-state index contributed by atoms with van der Waals surface area (Å²) in [4.78, 5) is 14.5. The zero-order valence-corrected chi connectivity index (χ0v) is 16.3. The molecule has 2 N–H and O–H groups in total. The topological polar surface area (TPSA) is 70.0 Å². The van der Waals surface area contributed by atoms with Crippen molar-refractivity contribution in [2.75, 3.05) is 11.5 Å². The highest BCUT2D eigenvalue weighted by Crippen LogP contribution is 2.47. The molecule has 0 saturated carbocycles. The van der Waals surface area contributed by atoms with Gasteiger partial charge in [0, 0.05) is 11.4 Å². The van der Waals surface area contributed by atoms with Crippen molar-refractivity contribution in [2.24, 2.45) is 0 Å². The average molecular weight is 388 g/mol. The van der Waals surface area contributed by atoms with E-state index in [1.807, 2.05) is 29.2 Å². The number of benzene rings is 2. The third-order valence-electron chi connectivity index (χ3n) is 4.83. The van der Waals surface area contributed by atoms with Gasteiger partial charge in [0.15, 0.2) is 6.04 Å². The first-order valence-corrected chi connectivity index (χ1v) is 9.48. The number of ether oxygens (including phenoxy) is 1. The van der Waals surface area contributed by atoms with Gasteiger partial charge >= 0.3 is 13.1 Å². The molecule has 1 aliphatic rings. The lowest BCUT2D eigenvalue weighted by molar-refractivity contribution is -0.144. The van der Waals surface area contributed by atoms with Gasteiger partial charge in [-0.25, -0.2) is 4.79 Å². The third-order valence-corrected chi connectivity index (χ3v) is 5.30. The van der Waals surface area contributed by atoms with Crippen LogP contribution in [-0.4, -0.2) is 35.8 Å². The van der Waals surface area contributed by atoms with Crippen LogP contribution in [0.2, 0.25) is 0 Å². The van der Waals surface area contributed by atoms with Crippen LogP contribution in [0.1, 0.15) is 43.2 Å². The molecule has 3 rings (SSSR count). The van der Waals surface area contributed by atoms with Crippen molar-refractivity contribution in [1.29, 1.82) is 0 Å². The smallest absolute Gasteiger partial charge is 0.464 e. The summed E-state index contributed by atoms with van der Waals surface area (Å²) in [6, 6.07) is 12.3. The molecule has 0 fully saturated rings. The van der Waals surface area contributed by atoms with Crippen LogP contribution in [0.5, 0.6) is 0 Å². The number of nitrogens with zero attached hydrogens (tertiary/aromatic N) is 1. The molecule has 0 saturated heterocycles. The van der Waals surface area contributed by atoms with E-state index in [4.69, 9.17) is 16.3 Å². The maximum Gasteiger partial charge on any atom is 0.488 e. The standard InChI is InChI=1S/C20H23BClNO4/c1-4-27-20(24)19-18(22)16-11-14(21(25)26)7-10-17(16)23(19)15-8-5-13(6-9-15)12(2)3/h5-12,18-19,25-26H,4H2,1-3H3. The summed E-state index contributed by atoms with van der Waals surface area (Å²) in [5.74, 6) is -0.00660. The van der Waals surface area contributed by atoms with Crippen LogP contribution in [0, 0.1) is 0 Å². The van der Waals surface area contributed by atoms with E-state index in [1.54, 1.807) is 25.1 Å². The number of hydrogen-bond donors (Lipinski definition) is 2. The Morgan fingerprint density at radius 1 is 1.22 bits per heavy atom. The van der Waals surface area contributed by atoms with Crippen molar-refractivity contribution in [2.45, 2.75) is 38.1 Å². The highest BCUT2D eigenvalue weighted by molar-refractivity contribution is 6.58. The van der Waals surface area contributed by atoms with Gasteiger partial charge in [-0.15, -0.1) is 11.6 Å². The molecule has 1 aliphatic heterocycles. The number of hydrogen-bond acceptors (Lipinski definition) is 5. The predicted molar refractivity (Wildman–Crippen MR) is 108 cm³/mol. The van der Waals surface area contributed by atoms with Gasteiger partial charge in [0.25, 0.3) is 0 Å². The van der Waals surface area contributed by atoms with Gasteiger partial charge in [-0.1, -0.05) is 38.1 Å². The van der Waals surface area contributed by atoms with Crippen molar-refractivity contribution >= 4 is 41.5 Å². The molecular formula is C20H23BClNO4. The monoisotopic (exact) mass is 387 g/mol. The van der Waals surface area contributed by atoms with E-state index in [0.717, 1.165) is 11.4 Å².